The summed E-state index contributed by atoms with van der Waals surface area (Å²) in [5.41, 5.74) is -1.30. The topological polar surface area (TPSA) is 173 Å². The normalized spacial score (nSPS) is 13.9. The van der Waals surface area contributed by atoms with Crippen molar-refractivity contribution in [2.24, 2.45) is 0 Å². The number of aliphatic hydroxyl groups excluding tert-OH is 1. The van der Waals surface area contributed by atoms with Gasteiger partial charge in [0.25, 0.3) is 0 Å². The number of amides is 2. The number of nitrogens with zero attached hydrogens (tertiary/aromatic N) is 8. The summed E-state index contributed by atoms with van der Waals surface area (Å²) in [7, 11) is 3.04. The van der Waals surface area contributed by atoms with Gasteiger partial charge < -0.3 is 34.2 Å². The number of aromatic nitrogens is 4. The van der Waals surface area contributed by atoms with E-state index in [2.05, 4.69) is 15.1 Å². The van der Waals surface area contributed by atoms with Gasteiger partial charge in [-0.2, -0.15) is 36.5 Å². The minimum atomic E-state index is -4.89. The monoisotopic (exact) mass is 1250 g/mol. The molecule has 2 amide bonds. The average molecular weight is 1260 g/mol. The van der Waals surface area contributed by atoms with Crippen LogP contribution in [0.2, 0.25) is 20.1 Å². The minimum absolute atomic E-state index is 0.133. The van der Waals surface area contributed by atoms with Gasteiger partial charge in [-0.25, -0.2) is 4.68 Å². The number of ether oxygens (including phenoxy) is 2. The molecule has 0 bridgehead atoms. The Morgan fingerprint density at radius 1 is 0.615 bits per heavy atom. The van der Waals surface area contributed by atoms with Crippen LogP contribution >= 0.6 is 69.6 Å². The van der Waals surface area contributed by atoms with E-state index < -0.39 is 91.1 Å². The molecule has 2 saturated heterocycles. The Hall–Kier alpha value is -5.49. The molecule has 1 N–H and O–H groups in total. The van der Waals surface area contributed by atoms with Gasteiger partial charge in [-0.15, -0.1) is 23.2 Å². The van der Waals surface area contributed by atoms with E-state index in [0.29, 0.717) is 79.5 Å². The second kappa shape index (κ2) is 29.1. The number of methoxy groups -OCH3 is 2. The second-order valence-electron chi connectivity index (χ2n) is 16.4. The molecule has 2 fully saturated rings. The van der Waals surface area contributed by atoms with Crippen molar-refractivity contribution in [1.82, 2.24) is 29.4 Å². The molecule has 29 heteroatoms. The predicted molar refractivity (Wildman–Crippen MR) is 276 cm³/mol. The van der Waals surface area contributed by atoms with Gasteiger partial charge in [0, 0.05) is 81.4 Å². The Kier molecular flexibility index (Phi) is 23.6. The molecule has 2 aromatic heterocycles. The van der Waals surface area contributed by atoms with Crippen molar-refractivity contribution in [3.05, 3.63) is 151 Å². The Bertz CT molecular complexity index is 3030. The number of piperazine rings is 2. The van der Waals surface area contributed by atoms with Crippen LogP contribution in [0.25, 0.3) is 0 Å². The van der Waals surface area contributed by atoms with Crippen molar-refractivity contribution in [3.8, 4) is 11.5 Å². The van der Waals surface area contributed by atoms with E-state index in [1.54, 1.807) is 71.6 Å². The van der Waals surface area contributed by atoms with Crippen molar-refractivity contribution in [3.63, 3.8) is 0 Å². The summed E-state index contributed by atoms with van der Waals surface area (Å²) in [6, 6.07) is 26.6. The van der Waals surface area contributed by atoms with Crippen molar-refractivity contribution in [2.75, 3.05) is 81.7 Å². The maximum absolute atomic E-state index is 13.5. The van der Waals surface area contributed by atoms with Gasteiger partial charge in [0.1, 0.15) is 41.4 Å². The second-order valence-corrected chi connectivity index (χ2v) is 19.0. The molecular weight excluding hydrogens is 1210 g/mol. The molecule has 0 radical (unpaired) electrons. The van der Waals surface area contributed by atoms with Crippen molar-refractivity contribution in [1.29, 1.82) is 0 Å². The predicted octanol–water partition coefficient (Wildman–Crippen LogP) is 10.6. The third-order valence-corrected chi connectivity index (χ3v) is 13.2. The van der Waals surface area contributed by atoms with Crippen LogP contribution in [0.4, 0.5) is 37.7 Å². The number of carbonyl (C=O) groups excluding carboxylic acids is 3. The van der Waals surface area contributed by atoms with Crippen LogP contribution in [0.3, 0.4) is 0 Å². The zero-order valence-electron chi connectivity index (χ0n) is 40.9. The third-order valence-electron chi connectivity index (χ3n) is 11.8. The number of aliphatic hydroxyl groups is 1. The van der Waals surface area contributed by atoms with Crippen molar-refractivity contribution >= 4 is 98.6 Å². The summed E-state index contributed by atoms with van der Waals surface area (Å²) in [5, 5.41) is 17.5. The molecule has 2 aliphatic rings. The molecule has 4 heterocycles. The van der Waals surface area contributed by atoms with E-state index in [1.165, 1.54) is 31.3 Å². The molecule has 6 aromatic rings. The molecule has 1 atom stereocenters. The fourth-order valence-corrected chi connectivity index (χ4v) is 9.13. The molecule has 0 spiro atoms. The van der Waals surface area contributed by atoms with Crippen LogP contribution in [0.1, 0.15) is 44.8 Å². The Labute approximate surface area is 478 Å². The number of hydrogen-bond acceptors (Lipinski definition) is 12. The summed E-state index contributed by atoms with van der Waals surface area (Å²) >= 11 is 32.3. The average Bonchev–Trinajstić information content (AvgIpc) is 3.95. The van der Waals surface area contributed by atoms with E-state index in [-0.39, 0.29) is 16.6 Å². The third kappa shape index (κ3) is 16.3. The summed E-state index contributed by atoms with van der Waals surface area (Å²) in [6.45, 7) is 2.28. The Morgan fingerprint density at radius 3 is 1.41 bits per heavy atom. The van der Waals surface area contributed by atoms with Gasteiger partial charge in [-0.1, -0.05) is 107 Å². The molecule has 2 aliphatic heterocycles. The first-order valence-electron chi connectivity index (χ1n) is 22.8. The number of benzene rings is 4. The number of alkyl halides is 8. The summed E-state index contributed by atoms with van der Waals surface area (Å²) in [5.74, 6) is -0.596. The van der Waals surface area contributed by atoms with E-state index in [4.69, 9.17) is 86.7 Å². The van der Waals surface area contributed by atoms with Gasteiger partial charge in [0.2, 0.25) is 17.6 Å². The molecule has 16 nitrogen and oxygen atoms in total. The van der Waals surface area contributed by atoms with Gasteiger partial charge in [0.15, 0.2) is 11.4 Å². The number of anilines is 2. The quantitative estimate of drug-likeness (QED) is 0.0533. The van der Waals surface area contributed by atoms with Crippen LogP contribution in [-0.4, -0.2) is 124 Å². The molecular formula is C49H46Cl6F6MnN8O8. The maximum atomic E-state index is 13.5. The first kappa shape index (κ1) is 63.3. The first-order chi connectivity index (χ1) is 37.0. The number of halogens is 12. The molecule has 421 valence electrons. The number of hydrogen-bond donors (Lipinski definition) is 1. The van der Waals surface area contributed by atoms with Gasteiger partial charge >= 0.3 is 34.8 Å². The summed E-state index contributed by atoms with van der Waals surface area (Å²) < 4.78 is 110. The molecule has 1 unspecified atom stereocenters. The van der Waals surface area contributed by atoms with Gasteiger partial charge in [0.05, 0.1) is 40.3 Å². The molecule has 78 heavy (non-hydrogen) atoms. The van der Waals surface area contributed by atoms with Crippen LogP contribution in [-0.2, 0) is 57.5 Å². The fourth-order valence-electron chi connectivity index (χ4n) is 8.06. The first-order valence-corrected chi connectivity index (χ1v) is 26.3. The summed E-state index contributed by atoms with van der Waals surface area (Å²) in [6.07, 6.45) is -11.2. The van der Waals surface area contributed by atoms with Crippen molar-refractivity contribution < 1.29 is 77.8 Å². The van der Waals surface area contributed by atoms with Gasteiger partial charge in [-0.05, 0) is 29.8 Å². The fraction of sp³-hybridized carbons (Fsp3) is 0.327. The van der Waals surface area contributed by atoms with E-state index >= 15 is 0 Å². The standard InChI is InChI=1S/C24H23Cl2F3N4O3.C24H21Cl2F3N4O3.CH2Cl2.Mn.2O/c2*1-36-18-13-16(7-8-17(18)25)31-9-11-32(12-10-31)19(34)14-33-21(20(26)23(30-33)24(27,28)29)22(35)15-5-3-2-4-6-15;2-1-3;;;/h2-8,13,22,35H,9-12,14H2,1H3;2-8,13H,9-12,14H2,1H3;1H2;;;. The molecule has 0 saturated carbocycles. The summed E-state index contributed by atoms with van der Waals surface area (Å²) in [4.78, 5) is 46.2. The number of carbonyl (C=O) groups is 3. The molecule has 8 rings (SSSR count). The van der Waals surface area contributed by atoms with Gasteiger partial charge in [-0.3, -0.25) is 19.1 Å². The van der Waals surface area contributed by atoms with Crippen LogP contribution in [0.15, 0.2) is 97.1 Å². The Morgan fingerprint density at radius 2 is 1.00 bits per heavy atom. The number of rotatable bonds is 12. The SMILES string of the molecule is COc1cc(N2CCN(C(=O)Cn3nc(C(F)(F)F)c(Cl)c3C(=O)c3ccccc3)CC2)ccc1Cl.COc1cc(N2CCN(C(=O)Cn3nc(C(F)(F)F)c(Cl)c3C(O)c3ccccc3)CC2)ccc1Cl.ClCCl.[O]=[Mn]=[O]. The van der Waals surface area contributed by atoms with Crippen LogP contribution in [0.5, 0.6) is 11.5 Å². The van der Waals surface area contributed by atoms with E-state index in [0.717, 1.165) is 20.7 Å². The van der Waals surface area contributed by atoms with Crippen LogP contribution in [0, 0.1) is 0 Å². The van der Waals surface area contributed by atoms with Crippen molar-refractivity contribution in [2.45, 2.75) is 31.5 Å². The molecule has 0 aliphatic carbocycles. The number of ketones is 1. The van der Waals surface area contributed by atoms with Crippen LogP contribution < -0.4 is 19.3 Å². The van der Waals surface area contributed by atoms with E-state index in [9.17, 15) is 45.8 Å². The van der Waals surface area contributed by atoms with E-state index in [1.807, 2.05) is 23.1 Å². The zero-order chi connectivity index (χ0) is 57.5. The Balaban J connectivity index is 0.000000261. The zero-order valence-corrected chi connectivity index (χ0v) is 46.6. The molecule has 4 aromatic carbocycles.